The molecule has 6 nitrogen and oxygen atoms in total. The van der Waals surface area contributed by atoms with Crippen LogP contribution in [0.3, 0.4) is 0 Å². The summed E-state index contributed by atoms with van der Waals surface area (Å²) in [5, 5.41) is 12.1. The first-order valence-corrected chi connectivity index (χ1v) is 8.23. The molecule has 134 valence electrons. The third-order valence-corrected chi connectivity index (χ3v) is 3.68. The quantitative estimate of drug-likeness (QED) is 0.754. The van der Waals surface area contributed by atoms with Gasteiger partial charge in [-0.15, -0.1) is 0 Å². The van der Waals surface area contributed by atoms with Gasteiger partial charge < -0.3 is 14.8 Å². The van der Waals surface area contributed by atoms with Crippen molar-refractivity contribution in [3.8, 4) is 11.8 Å². The van der Waals surface area contributed by atoms with Gasteiger partial charge in [0.2, 0.25) is 0 Å². The number of benzene rings is 2. The highest BCUT2D eigenvalue weighted by Crippen LogP contribution is 2.28. The average Bonchev–Trinajstić information content (AvgIpc) is 2.62. The lowest BCUT2D eigenvalue weighted by atomic mass is 10.2. The molecule has 1 atom stereocenters. The number of rotatable bonds is 6. The predicted molar refractivity (Wildman–Crippen MR) is 97.3 cm³/mol. The van der Waals surface area contributed by atoms with Crippen LogP contribution in [0, 0.1) is 11.3 Å². The van der Waals surface area contributed by atoms with E-state index >= 15 is 0 Å². The Labute approximate surface area is 160 Å². The number of anilines is 1. The molecule has 0 spiro atoms. The van der Waals surface area contributed by atoms with Crippen LogP contribution < -0.4 is 10.1 Å². The molecule has 0 aromatic heterocycles. The molecule has 0 radical (unpaired) electrons. The smallest absolute Gasteiger partial charge is 0.347 e. The highest BCUT2D eigenvalue weighted by Gasteiger charge is 2.19. The zero-order chi connectivity index (χ0) is 19.1. The molecule has 2 rings (SSSR count). The number of nitrogens with one attached hydrogen (secondary N) is 1. The Balaban J connectivity index is 1.85. The van der Waals surface area contributed by atoms with Gasteiger partial charge in [-0.2, -0.15) is 5.26 Å². The number of nitriles is 1. The summed E-state index contributed by atoms with van der Waals surface area (Å²) in [5.41, 5.74) is 0.837. The third kappa shape index (κ3) is 5.66. The molecule has 0 saturated carbocycles. The summed E-state index contributed by atoms with van der Waals surface area (Å²) in [6.45, 7) is 0.985. The minimum Gasteiger partial charge on any atom is -0.477 e. The lowest BCUT2D eigenvalue weighted by Gasteiger charge is -2.15. The number of nitrogens with zero attached hydrogens (tertiary/aromatic N) is 1. The van der Waals surface area contributed by atoms with Crippen LogP contribution in [-0.2, 0) is 14.3 Å². The maximum atomic E-state index is 11.9. The first kappa shape index (κ1) is 19.6. The third-order valence-electron chi connectivity index (χ3n) is 3.15. The fourth-order valence-corrected chi connectivity index (χ4v) is 2.38. The molecule has 0 fully saturated rings. The highest BCUT2D eigenvalue weighted by molar-refractivity contribution is 6.35. The molecule has 0 saturated heterocycles. The monoisotopic (exact) mass is 392 g/mol. The molecule has 2 aromatic carbocycles. The van der Waals surface area contributed by atoms with Gasteiger partial charge in [0.15, 0.2) is 12.7 Å². The van der Waals surface area contributed by atoms with E-state index in [1.54, 1.807) is 24.3 Å². The minimum atomic E-state index is -0.969. The van der Waals surface area contributed by atoms with Gasteiger partial charge in [-0.05, 0) is 43.3 Å². The van der Waals surface area contributed by atoms with Gasteiger partial charge in [0.05, 0.1) is 16.7 Å². The Morgan fingerprint density at radius 2 is 2.00 bits per heavy atom. The fraction of sp³-hybridized carbons (Fsp3) is 0.167. The number of hydrogen-bond acceptors (Lipinski definition) is 5. The van der Waals surface area contributed by atoms with E-state index in [2.05, 4.69) is 5.32 Å². The van der Waals surface area contributed by atoms with Gasteiger partial charge in [-0.1, -0.05) is 29.3 Å². The molecule has 0 bridgehead atoms. The molecule has 0 aliphatic rings. The highest BCUT2D eigenvalue weighted by atomic mass is 35.5. The summed E-state index contributed by atoms with van der Waals surface area (Å²) in [5.74, 6) is -0.986. The van der Waals surface area contributed by atoms with Crippen molar-refractivity contribution >= 4 is 40.8 Å². The van der Waals surface area contributed by atoms with E-state index in [-0.39, 0.29) is 10.8 Å². The van der Waals surface area contributed by atoms with Crippen LogP contribution in [-0.4, -0.2) is 24.6 Å². The van der Waals surface area contributed by atoms with E-state index in [0.717, 1.165) is 0 Å². The van der Waals surface area contributed by atoms with Crippen molar-refractivity contribution in [2.45, 2.75) is 13.0 Å². The summed E-state index contributed by atoms with van der Waals surface area (Å²) in [4.78, 5) is 23.8. The molecule has 0 aliphatic carbocycles. The van der Waals surface area contributed by atoms with E-state index < -0.39 is 24.6 Å². The van der Waals surface area contributed by atoms with Crippen molar-refractivity contribution in [3.63, 3.8) is 0 Å². The average molecular weight is 393 g/mol. The number of ether oxygens (including phenoxy) is 2. The maximum absolute atomic E-state index is 11.9. The van der Waals surface area contributed by atoms with Crippen molar-refractivity contribution in [3.05, 3.63) is 58.1 Å². The Morgan fingerprint density at radius 3 is 2.69 bits per heavy atom. The molecule has 8 heteroatoms. The minimum absolute atomic E-state index is 0.257. The van der Waals surface area contributed by atoms with Crippen LogP contribution in [0.1, 0.15) is 12.5 Å². The first-order valence-electron chi connectivity index (χ1n) is 7.47. The summed E-state index contributed by atoms with van der Waals surface area (Å²) in [7, 11) is 0. The van der Waals surface area contributed by atoms with Gasteiger partial charge in [0.1, 0.15) is 5.75 Å². The Morgan fingerprint density at radius 1 is 1.23 bits per heavy atom. The van der Waals surface area contributed by atoms with Gasteiger partial charge in [0.25, 0.3) is 5.91 Å². The molecule has 0 unspecified atom stereocenters. The largest absolute Gasteiger partial charge is 0.477 e. The number of esters is 1. The molecule has 0 heterocycles. The number of halogens is 2. The van der Waals surface area contributed by atoms with Gasteiger partial charge in [-0.3, -0.25) is 4.79 Å². The molecule has 1 amide bonds. The standard InChI is InChI=1S/C18H14Cl2N2O4/c1-11(26-16-6-5-13(19)8-15(16)20)18(24)25-10-17(23)22-14-4-2-3-12(7-14)9-21/h2-8,11H,10H2,1H3,(H,22,23)/t11-/m1/s1. The maximum Gasteiger partial charge on any atom is 0.347 e. The van der Waals surface area contributed by atoms with Crippen LogP contribution in [0.25, 0.3) is 0 Å². The van der Waals surface area contributed by atoms with Gasteiger partial charge in [0, 0.05) is 10.7 Å². The Kier molecular flexibility index (Phi) is 6.84. The first-order chi connectivity index (χ1) is 12.4. The summed E-state index contributed by atoms with van der Waals surface area (Å²) in [6.07, 6.45) is -0.969. The van der Waals surface area contributed by atoms with Crippen LogP contribution in [0.5, 0.6) is 5.75 Å². The summed E-state index contributed by atoms with van der Waals surface area (Å²) < 4.78 is 10.3. The van der Waals surface area contributed by atoms with Crippen LogP contribution in [0.2, 0.25) is 10.0 Å². The van der Waals surface area contributed by atoms with E-state index in [0.29, 0.717) is 16.3 Å². The second-order valence-corrected chi connectivity index (χ2v) is 6.03. The lowest BCUT2D eigenvalue weighted by Crippen LogP contribution is -2.29. The van der Waals surface area contributed by atoms with Crippen molar-refractivity contribution in [1.29, 1.82) is 5.26 Å². The SMILES string of the molecule is C[C@@H](Oc1ccc(Cl)cc1Cl)C(=O)OCC(=O)Nc1cccc(C#N)c1. The van der Waals surface area contributed by atoms with Crippen molar-refractivity contribution < 1.29 is 19.1 Å². The summed E-state index contributed by atoms with van der Waals surface area (Å²) in [6, 6.07) is 12.9. The molecular weight excluding hydrogens is 379 g/mol. The molecule has 1 N–H and O–H groups in total. The van der Waals surface area contributed by atoms with E-state index in [1.807, 2.05) is 6.07 Å². The Bertz CT molecular complexity index is 865. The van der Waals surface area contributed by atoms with E-state index in [1.165, 1.54) is 25.1 Å². The van der Waals surface area contributed by atoms with Crippen molar-refractivity contribution in [2.75, 3.05) is 11.9 Å². The van der Waals surface area contributed by atoms with E-state index in [4.69, 9.17) is 37.9 Å². The Hall–Kier alpha value is -2.75. The van der Waals surface area contributed by atoms with Crippen molar-refractivity contribution in [2.24, 2.45) is 0 Å². The molecule has 26 heavy (non-hydrogen) atoms. The van der Waals surface area contributed by atoms with Gasteiger partial charge in [-0.25, -0.2) is 4.79 Å². The second-order valence-electron chi connectivity index (χ2n) is 5.18. The van der Waals surface area contributed by atoms with Gasteiger partial charge >= 0.3 is 5.97 Å². The van der Waals surface area contributed by atoms with Crippen LogP contribution in [0.4, 0.5) is 5.69 Å². The zero-order valence-corrected chi connectivity index (χ0v) is 15.2. The second kappa shape index (κ2) is 9.09. The molecule has 2 aromatic rings. The zero-order valence-electron chi connectivity index (χ0n) is 13.7. The number of hydrogen-bond donors (Lipinski definition) is 1. The van der Waals surface area contributed by atoms with Crippen LogP contribution >= 0.6 is 23.2 Å². The number of carbonyl (C=O) groups is 2. The number of carbonyl (C=O) groups excluding carboxylic acids is 2. The summed E-state index contributed by atoms with van der Waals surface area (Å²) >= 11 is 11.8. The fourth-order valence-electron chi connectivity index (χ4n) is 1.93. The van der Waals surface area contributed by atoms with Crippen LogP contribution in [0.15, 0.2) is 42.5 Å². The van der Waals surface area contributed by atoms with E-state index in [9.17, 15) is 9.59 Å². The number of amides is 1. The lowest BCUT2D eigenvalue weighted by molar-refractivity contribution is -0.153. The normalized spacial score (nSPS) is 11.2. The molecule has 0 aliphatic heterocycles. The molecular formula is C18H14Cl2N2O4. The topological polar surface area (TPSA) is 88.4 Å². The van der Waals surface area contributed by atoms with Crippen molar-refractivity contribution in [1.82, 2.24) is 0 Å². The predicted octanol–water partition coefficient (Wildman–Crippen LogP) is 3.81.